The summed E-state index contributed by atoms with van der Waals surface area (Å²) in [7, 11) is -3.35. The maximum absolute atomic E-state index is 15.7. The van der Waals surface area contributed by atoms with Gasteiger partial charge in [-0.05, 0) is 205 Å². The predicted molar refractivity (Wildman–Crippen MR) is 526 cm³/mol. The van der Waals surface area contributed by atoms with Crippen molar-refractivity contribution < 1.29 is 51.4 Å². The van der Waals surface area contributed by atoms with Gasteiger partial charge in [0.05, 0.1) is 75.7 Å². The lowest BCUT2D eigenvalue weighted by atomic mass is 9.80. The molecule has 6 fully saturated rings. The molecule has 6 amide bonds. The summed E-state index contributed by atoms with van der Waals surface area (Å²) in [4.78, 5) is 123. The molecule has 8 N–H and O–H groups in total. The van der Waals surface area contributed by atoms with Crippen LogP contribution in [0.5, 0.6) is 0 Å². The Balaban J connectivity index is 0.561. The molecule has 4 saturated heterocycles. The Bertz CT molecular complexity index is 5010. The number of nitrogens with zero attached hydrogens (tertiary/aromatic N) is 10. The smallest absolute Gasteiger partial charge is 0.288 e. The van der Waals surface area contributed by atoms with Gasteiger partial charge in [-0.25, -0.2) is 28.1 Å². The van der Waals surface area contributed by atoms with Crippen LogP contribution in [0.4, 0.5) is 0 Å². The molecule has 6 aromatic rings. The van der Waals surface area contributed by atoms with E-state index in [0.717, 1.165) is 139 Å². The fourth-order valence-electron chi connectivity index (χ4n) is 21.1. The van der Waals surface area contributed by atoms with Crippen molar-refractivity contribution in [3.05, 3.63) is 163 Å². The largest absolute Gasteiger partial charge is 0.459 e. The fraction of sp³-hybridized carbons (Fsp3) is 0.610. The van der Waals surface area contributed by atoms with Gasteiger partial charge in [0.25, 0.3) is 18.1 Å². The van der Waals surface area contributed by atoms with E-state index in [9.17, 15) is 27.6 Å². The zero-order valence-corrected chi connectivity index (χ0v) is 82.5. The first kappa shape index (κ1) is 98.6. The topological polar surface area (TPSA) is 320 Å². The van der Waals surface area contributed by atoms with Crippen molar-refractivity contribution in [3.63, 3.8) is 0 Å². The molecule has 29 nitrogen and oxygen atoms in total. The number of piperazine rings is 3. The van der Waals surface area contributed by atoms with Gasteiger partial charge >= 0.3 is 0 Å². The van der Waals surface area contributed by atoms with Crippen LogP contribution in [0, 0.1) is 11.8 Å². The number of amidine groups is 3. The van der Waals surface area contributed by atoms with Gasteiger partial charge in [0.1, 0.15) is 42.5 Å². The highest BCUT2D eigenvalue weighted by atomic mass is 32.2. The molecule has 14 atom stereocenters. The van der Waals surface area contributed by atoms with Crippen LogP contribution in [0.25, 0.3) is 11.1 Å². The average molecular weight is 1900 g/mol. The number of carbonyl (C=O) groups is 6. The first-order chi connectivity index (χ1) is 64.2. The number of carbonyl (C=O) groups excluding carboxylic acids is 6. The zero-order chi connectivity index (χ0) is 93.4. The number of rotatable bonds is 36. The molecule has 0 bridgehead atoms. The maximum atomic E-state index is 15.7. The third-order valence-corrected chi connectivity index (χ3v) is 31.5. The molecule has 3 aromatic carbocycles. The Morgan fingerprint density at radius 2 is 0.992 bits per heavy atom. The molecule has 0 spiro atoms. The van der Waals surface area contributed by atoms with Crippen molar-refractivity contribution in [3.8, 4) is 11.1 Å². The van der Waals surface area contributed by atoms with Gasteiger partial charge in [-0.15, -0.1) is 34.0 Å². The molecule has 33 heteroatoms. The lowest BCUT2D eigenvalue weighted by Crippen LogP contribution is -2.65. The van der Waals surface area contributed by atoms with Crippen LogP contribution in [-0.2, 0) is 72.6 Å². The molecule has 722 valence electrons. The number of sulfonamides is 1. The SMILES string of the molecule is CC(C)NC1CCC([C@@H](NC(C)CC(C)N2CCC(C[C@@H](NC(C)C)C(=O)N3CCN(C4=N[C@@H](C)[C@H](c5cccc(-c6ccc([C@@H]7OC(N8CCN(C(=O)[C@@H](CCCCNS(C)(=O)=O)NC9CCCCC9)[C@H](C(=O)NCc9cccs9)C8)=N[C@@H]7C)cc6)c5)O4)C[C@H]3C(=O)NCc3cccs3)CC2)C(=O)N2CCN(C3=N[C@@H](c4ccccc4)[C@H](C)O3)C[C@H]2C(=O)NCc2cccs2)CC1. The standard InChI is InChI=1S/C100H142N18O11S4/c1-64(2)105-79-39-37-74(38-40-79)89(97(124)118-51-48-115(63-87(118)94(121)103-60-82-31-22-54-132-82)100-111-88(70(9)127-100)73-23-13-11-14-24-73)107-66(5)55-67(6)112-44-41-71(42-45-112)56-84(106-65(3)4)96(123)117-50-47-114(62-86(117)93(120)102-59-81-30-21-53-131-81)99-109-69(8)91(129-99)77-26-19-25-76(57-77)72-33-35-75(36-34-72)90-68(7)108-98(128-90)113-46-49-116(85(61-113)92(119)101-58-80-29-20-52-130-80)95(122)83(110-78-27-15-12-16-28-78)32-17-18-43-104-133(10,125)126/h11,13-14,19-26,29-31,33-36,52-54,57,64-71,74,78-79,83-91,104-107,110H,12,15-18,27-28,32,37-51,55-56,58-63H2,1-10H3,(H,101,119)(H,102,120)(H,103,121)/t66?,67?,68-,69+,70+,74?,79?,83-,84-,85+,86+,87+,88-,89-,90-,91-/m1/s1. The van der Waals surface area contributed by atoms with E-state index in [-0.39, 0.29) is 128 Å². The number of aliphatic imine (C=N–C) groups is 3. The molecule has 2 saturated carbocycles. The minimum absolute atomic E-state index is 0.00356. The van der Waals surface area contributed by atoms with E-state index in [0.29, 0.717) is 108 Å². The van der Waals surface area contributed by atoms with Crippen LogP contribution < -0.4 is 41.9 Å². The summed E-state index contributed by atoms with van der Waals surface area (Å²) in [5.41, 5.74) is 4.95. The normalized spacial score (nSPS) is 25.3. The third kappa shape index (κ3) is 26.1. The van der Waals surface area contributed by atoms with Crippen LogP contribution in [-0.4, -0.2) is 272 Å². The summed E-state index contributed by atoms with van der Waals surface area (Å²) in [5.74, 6) is -0.584. The fourth-order valence-corrected chi connectivity index (χ4v) is 23.6. The highest BCUT2D eigenvalue weighted by molar-refractivity contribution is 7.88. The summed E-state index contributed by atoms with van der Waals surface area (Å²) in [6.07, 6.45) is 14.1. The second kappa shape index (κ2) is 46.3. The molecule has 2 unspecified atom stereocenters. The van der Waals surface area contributed by atoms with Crippen molar-refractivity contribution >= 4 is 97.5 Å². The molecule has 133 heavy (non-hydrogen) atoms. The highest BCUT2D eigenvalue weighted by Crippen LogP contribution is 2.39. The Morgan fingerprint density at radius 1 is 0.481 bits per heavy atom. The number of hydrogen-bond acceptors (Lipinski definition) is 25. The van der Waals surface area contributed by atoms with Gasteiger partial charge in [0.15, 0.2) is 0 Å². The molecular formula is C100H142N18O11S4. The van der Waals surface area contributed by atoms with Gasteiger partial charge < -0.3 is 85.7 Å². The van der Waals surface area contributed by atoms with Crippen molar-refractivity contribution in [2.24, 2.45) is 26.8 Å². The number of hydrogen-bond donors (Lipinski definition) is 8. The quantitative estimate of drug-likeness (QED) is 0.0169. The second-order valence-corrected chi connectivity index (χ2v) is 43.9. The number of thiophene rings is 3. The lowest BCUT2D eigenvalue weighted by molar-refractivity contribution is -0.146. The van der Waals surface area contributed by atoms with E-state index >= 15 is 9.59 Å². The monoisotopic (exact) mass is 1900 g/mol. The molecular weight excluding hydrogens is 1760 g/mol. The van der Waals surface area contributed by atoms with E-state index in [1.807, 2.05) is 105 Å². The van der Waals surface area contributed by atoms with Crippen LogP contribution >= 0.6 is 34.0 Å². The van der Waals surface area contributed by atoms with Crippen LogP contribution in [0.2, 0.25) is 0 Å². The number of benzene rings is 3. The third-order valence-electron chi connectivity index (χ3n) is 28.2. The Labute approximate surface area is 799 Å². The van der Waals surface area contributed by atoms with Crippen LogP contribution in [0.1, 0.15) is 215 Å². The van der Waals surface area contributed by atoms with Gasteiger partial charge in [0, 0.05) is 96.7 Å². The summed E-state index contributed by atoms with van der Waals surface area (Å²) in [6.45, 7) is 25.1. The average Bonchev–Trinajstić information content (AvgIpc) is 1.77. The van der Waals surface area contributed by atoms with Gasteiger partial charge in [-0.2, -0.15) is 0 Å². The molecule has 9 aliphatic rings. The van der Waals surface area contributed by atoms with Gasteiger partial charge in [-0.3, -0.25) is 28.8 Å². The Hall–Kier alpha value is -8.90. The number of amides is 6. The summed E-state index contributed by atoms with van der Waals surface area (Å²) < 4.78 is 46.5. The Morgan fingerprint density at radius 3 is 1.51 bits per heavy atom. The number of likely N-dealkylation sites (tertiary alicyclic amines) is 1. The minimum atomic E-state index is -3.35. The Kier molecular flexibility index (Phi) is 34.3. The molecule has 2 aliphatic carbocycles. The molecule has 3 aromatic heterocycles. The van der Waals surface area contributed by atoms with Gasteiger partial charge in [0.2, 0.25) is 45.5 Å². The summed E-state index contributed by atoms with van der Waals surface area (Å²) >= 11 is 4.73. The van der Waals surface area contributed by atoms with Crippen molar-refractivity contribution in [1.29, 1.82) is 0 Å². The maximum Gasteiger partial charge on any atom is 0.288 e. The lowest BCUT2D eigenvalue weighted by Gasteiger charge is -2.44. The van der Waals surface area contributed by atoms with Crippen molar-refractivity contribution in [2.45, 2.75) is 294 Å². The van der Waals surface area contributed by atoms with E-state index in [4.69, 9.17) is 29.2 Å². The predicted octanol–water partition coefficient (Wildman–Crippen LogP) is 11.3. The minimum Gasteiger partial charge on any atom is -0.459 e. The first-order valence-corrected chi connectivity index (χ1v) is 53.5. The van der Waals surface area contributed by atoms with E-state index in [1.54, 1.807) is 43.8 Å². The van der Waals surface area contributed by atoms with E-state index < -0.39 is 58.5 Å². The molecule has 0 radical (unpaired) electrons. The zero-order valence-electron chi connectivity index (χ0n) is 79.3. The van der Waals surface area contributed by atoms with Crippen molar-refractivity contribution in [1.82, 2.24) is 76.2 Å². The second-order valence-electron chi connectivity index (χ2n) is 39.0. The molecule has 7 aliphatic heterocycles. The summed E-state index contributed by atoms with van der Waals surface area (Å²) in [5, 5.41) is 30.7. The van der Waals surface area contributed by atoms with E-state index in [2.05, 4.69) is 155 Å². The van der Waals surface area contributed by atoms with Crippen molar-refractivity contribution in [2.75, 3.05) is 84.8 Å². The highest BCUT2D eigenvalue weighted by Gasteiger charge is 2.48. The van der Waals surface area contributed by atoms with Crippen LogP contribution in [0.15, 0.2) is 146 Å². The number of piperidine rings is 1. The molecule has 15 rings (SSSR count). The molecule has 10 heterocycles. The number of unbranched alkanes of at least 4 members (excludes halogenated alkanes) is 1. The first-order valence-electron chi connectivity index (χ1n) is 49.0. The summed E-state index contributed by atoms with van der Waals surface area (Å²) in [6, 6.07) is 36.6. The number of ether oxygens (including phenoxy) is 3. The van der Waals surface area contributed by atoms with Gasteiger partial charge in [-0.1, -0.05) is 144 Å². The van der Waals surface area contributed by atoms with E-state index in [1.165, 1.54) is 0 Å². The number of nitrogens with one attached hydrogen (secondary N) is 8. The van der Waals surface area contributed by atoms with Crippen LogP contribution in [0.3, 0.4) is 0 Å².